The highest BCUT2D eigenvalue weighted by Gasteiger charge is 2.27. The molecule has 1 amide bonds. The van der Waals surface area contributed by atoms with Crippen LogP contribution < -0.4 is 10.6 Å². The summed E-state index contributed by atoms with van der Waals surface area (Å²) in [5.74, 6) is 0.00779. The highest BCUT2D eigenvalue weighted by Crippen LogP contribution is 2.20. The van der Waals surface area contributed by atoms with Gasteiger partial charge < -0.3 is 15.5 Å². The molecule has 0 aliphatic carbocycles. The molecule has 0 spiro atoms. The van der Waals surface area contributed by atoms with Crippen LogP contribution in [0, 0.1) is 11.3 Å². The molecule has 0 radical (unpaired) electrons. The van der Waals surface area contributed by atoms with Crippen molar-refractivity contribution in [3.05, 3.63) is 36.5 Å². The lowest BCUT2D eigenvalue weighted by atomic mass is 10.2. The Hall–Kier alpha value is -2.65. The maximum Gasteiger partial charge on any atom is 0.237 e. The summed E-state index contributed by atoms with van der Waals surface area (Å²) in [5, 5.41) is 16.6. The van der Waals surface area contributed by atoms with E-state index in [0.717, 1.165) is 29.4 Å². The molecule has 1 atom stereocenters. The Morgan fingerprint density at radius 3 is 3.08 bits per heavy atom. The normalized spacial score (nSPS) is 17.0. The first-order valence-corrected chi connectivity index (χ1v) is 8.27. The van der Waals surface area contributed by atoms with Gasteiger partial charge in [-0.2, -0.15) is 5.26 Å². The van der Waals surface area contributed by atoms with Gasteiger partial charge in [0.15, 0.2) is 0 Å². The fourth-order valence-electron chi connectivity index (χ4n) is 3.03. The van der Waals surface area contributed by atoms with Crippen LogP contribution in [0.2, 0.25) is 0 Å². The molecular formula is C18H21N5O. The third-order valence-corrected chi connectivity index (χ3v) is 4.26. The molecule has 6 heteroatoms. The van der Waals surface area contributed by atoms with Crippen molar-refractivity contribution in [2.24, 2.45) is 0 Å². The Kier molecular flexibility index (Phi) is 5.24. The number of fused-ring (bicyclic) bond motifs is 1. The fraction of sp³-hybridized carbons (Fsp3) is 0.389. The van der Waals surface area contributed by atoms with E-state index in [0.29, 0.717) is 19.6 Å². The van der Waals surface area contributed by atoms with Crippen molar-refractivity contribution < 1.29 is 4.79 Å². The van der Waals surface area contributed by atoms with E-state index in [9.17, 15) is 4.79 Å². The topological polar surface area (TPSA) is 81.0 Å². The molecule has 6 nitrogen and oxygen atoms in total. The van der Waals surface area contributed by atoms with Gasteiger partial charge in [-0.15, -0.1) is 0 Å². The molecule has 1 saturated heterocycles. The molecule has 1 aromatic heterocycles. The summed E-state index contributed by atoms with van der Waals surface area (Å²) in [4.78, 5) is 18.1. The summed E-state index contributed by atoms with van der Waals surface area (Å²) in [5.41, 5.74) is 2.00. The predicted molar refractivity (Wildman–Crippen MR) is 93.5 cm³/mol. The number of para-hydroxylation sites is 1. The minimum atomic E-state index is -0.249. The van der Waals surface area contributed by atoms with Crippen LogP contribution in [0.4, 0.5) is 5.69 Å². The van der Waals surface area contributed by atoms with Gasteiger partial charge in [-0.05, 0) is 25.0 Å². The number of likely N-dealkylation sites (tertiary alicyclic amines) is 1. The summed E-state index contributed by atoms with van der Waals surface area (Å²) in [7, 11) is 0. The first-order valence-electron chi connectivity index (χ1n) is 8.27. The lowest BCUT2D eigenvalue weighted by molar-refractivity contribution is -0.130. The van der Waals surface area contributed by atoms with E-state index in [-0.39, 0.29) is 18.5 Å². The van der Waals surface area contributed by atoms with Gasteiger partial charge >= 0.3 is 0 Å². The molecule has 124 valence electrons. The van der Waals surface area contributed by atoms with Gasteiger partial charge in [0.25, 0.3) is 0 Å². The molecule has 0 saturated carbocycles. The van der Waals surface area contributed by atoms with Gasteiger partial charge in [0, 0.05) is 36.9 Å². The van der Waals surface area contributed by atoms with Gasteiger partial charge in [0.1, 0.15) is 6.04 Å². The Bertz CT molecular complexity index is 749. The number of amides is 1. The van der Waals surface area contributed by atoms with Crippen molar-refractivity contribution in [1.29, 1.82) is 5.26 Å². The lowest BCUT2D eigenvalue weighted by Gasteiger charge is -2.19. The molecule has 0 bridgehead atoms. The molecule has 1 aliphatic rings. The minimum Gasteiger partial charge on any atom is -0.383 e. The molecule has 2 aromatic rings. The third-order valence-electron chi connectivity index (χ3n) is 4.26. The highest BCUT2D eigenvalue weighted by atomic mass is 16.2. The van der Waals surface area contributed by atoms with Crippen molar-refractivity contribution >= 4 is 22.5 Å². The number of nitrogens with zero attached hydrogens (tertiary/aromatic N) is 3. The van der Waals surface area contributed by atoms with E-state index < -0.39 is 0 Å². The molecule has 2 heterocycles. The third kappa shape index (κ3) is 3.63. The van der Waals surface area contributed by atoms with E-state index in [4.69, 9.17) is 5.26 Å². The molecule has 3 rings (SSSR count). The van der Waals surface area contributed by atoms with Crippen LogP contribution in [0.1, 0.15) is 12.8 Å². The Morgan fingerprint density at radius 1 is 1.33 bits per heavy atom. The van der Waals surface area contributed by atoms with Crippen LogP contribution in [0.5, 0.6) is 0 Å². The second-order valence-electron chi connectivity index (χ2n) is 5.85. The number of nitriles is 1. The zero-order chi connectivity index (χ0) is 16.8. The van der Waals surface area contributed by atoms with Crippen LogP contribution >= 0.6 is 0 Å². The number of pyridine rings is 1. The van der Waals surface area contributed by atoms with Crippen LogP contribution in [-0.2, 0) is 4.79 Å². The van der Waals surface area contributed by atoms with Crippen molar-refractivity contribution in [1.82, 2.24) is 15.2 Å². The fourth-order valence-corrected chi connectivity index (χ4v) is 3.03. The summed E-state index contributed by atoms with van der Waals surface area (Å²) in [6.45, 7) is 2.35. The average Bonchev–Trinajstić information content (AvgIpc) is 3.10. The highest BCUT2D eigenvalue weighted by molar-refractivity contribution is 5.90. The zero-order valence-corrected chi connectivity index (χ0v) is 13.5. The van der Waals surface area contributed by atoms with E-state index in [1.807, 2.05) is 30.3 Å². The number of hydrogen-bond donors (Lipinski definition) is 2. The van der Waals surface area contributed by atoms with Crippen molar-refractivity contribution in [2.75, 3.05) is 31.5 Å². The summed E-state index contributed by atoms with van der Waals surface area (Å²) in [6, 6.07) is 11.9. The maximum atomic E-state index is 12.1. The number of benzene rings is 1. The Morgan fingerprint density at radius 2 is 2.21 bits per heavy atom. The van der Waals surface area contributed by atoms with Gasteiger partial charge in [-0.25, -0.2) is 0 Å². The lowest BCUT2D eigenvalue weighted by Crippen LogP contribution is -2.41. The molecule has 24 heavy (non-hydrogen) atoms. The van der Waals surface area contributed by atoms with Gasteiger partial charge in [0.05, 0.1) is 18.1 Å². The van der Waals surface area contributed by atoms with Gasteiger partial charge in [-0.1, -0.05) is 18.2 Å². The standard InChI is InChI=1S/C18H21N5O/c19-12-14-4-3-11-23(14)18(24)13-20-9-10-22-17-7-8-21-16-6-2-1-5-15(16)17/h1-2,5-8,14,20H,3-4,9-11,13H2,(H,21,22)/t14-/m0/s1. The largest absolute Gasteiger partial charge is 0.383 e. The second kappa shape index (κ2) is 7.75. The predicted octanol–water partition coefficient (Wildman–Crippen LogP) is 1.75. The molecule has 2 N–H and O–H groups in total. The van der Waals surface area contributed by atoms with Crippen LogP contribution in [-0.4, -0.2) is 48.0 Å². The number of anilines is 1. The van der Waals surface area contributed by atoms with Crippen LogP contribution in [0.15, 0.2) is 36.5 Å². The molecule has 1 fully saturated rings. The zero-order valence-electron chi connectivity index (χ0n) is 13.5. The van der Waals surface area contributed by atoms with Crippen molar-refractivity contribution in [3.63, 3.8) is 0 Å². The number of aromatic nitrogens is 1. The maximum absolute atomic E-state index is 12.1. The smallest absolute Gasteiger partial charge is 0.237 e. The Labute approximate surface area is 141 Å². The van der Waals surface area contributed by atoms with E-state index >= 15 is 0 Å². The second-order valence-corrected chi connectivity index (χ2v) is 5.85. The summed E-state index contributed by atoms with van der Waals surface area (Å²) in [6.07, 6.45) is 3.50. The Balaban J connectivity index is 1.44. The quantitative estimate of drug-likeness (QED) is 0.792. The SMILES string of the molecule is N#C[C@@H]1CCCN1C(=O)CNCCNc1ccnc2ccccc12. The molecule has 1 aliphatic heterocycles. The molecular weight excluding hydrogens is 302 g/mol. The number of carbonyl (C=O) groups excluding carboxylic acids is 1. The summed E-state index contributed by atoms with van der Waals surface area (Å²) >= 11 is 0. The minimum absolute atomic E-state index is 0.00779. The number of rotatable bonds is 6. The molecule has 0 unspecified atom stereocenters. The number of hydrogen-bond acceptors (Lipinski definition) is 5. The van der Waals surface area contributed by atoms with Gasteiger partial charge in [0.2, 0.25) is 5.91 Å². The number of nitrogens with one attached hydrogen (secondary N) is 2. The van der Waals surface area contributed by atoms with Crippen molar-refractivity contribution in [3.8, 4) is 6.07 Å². The summed E-state index contributed by atoms with van der Waals surface area (Å²) < 4.78 is 0. The van der Waals surface area contributed by atoms with E-state index in [2.05, 4.69) is 21.7 Å². The van der Waals surface area contributed by atoms with Gasteiger partial charge in [-0.3, -0.25) is 9.78 Å². The van der Waals surface area contributed by atoms with E-state index in [1.165, 1.54) is 0 Å². The number of carbonyl (C=O) groups is 1. The monoisotopic (exact) mass is 323 g/mol. The van der Waals surface area contributed by atoms with Crippen LogP contribution in [0.25, 0.3) is 10.9 Å². The van der Waals surface area contributed by atoms with Crippen molar-refractivity contribution in [2.45, 2.75) is 18.9 Å². The molecule has 1 aromatic carbocycles. The first kappa shape index (κ1) is 16.2. The average molecular weight is 323 g/mol. The first-order chi connectivity index (χ1) is 11.8. The van der Waals surface area contributed by atoms with Crippen LogP contribution in [0.3, 0.4) is 0 Å². The van der Waals surface area contributed by atoms with E-state index in [1.54, 1.807) is 11.1 Å².